The highest BCUT2D eigenvalue weighted by atomic mass is 16.5. The lowest BCUT2D eigenvalue weighted by atomic mass is 10.2. The Morgan fingerprint density at radius 3 is 2.80 bits per heavy atom. The highest BCUT2D eigenvalue weighted by molar-refractivity contribution is 5.93. The Balaban J connectivity index is 2.76. The number of nitrogen functional groups attached to an aromatic ring is 1. The molecule has 15 heavy (non-hydrogen) atoms. The van der Waals surface area contributed by atoms with Crippen LogP contribution >= 0.6 is 0 Å². The molecular formula is C11H16N2O2. The molecule has 0 saturated heterocycles. The average Bonchev–Trinajstić information content (AvgIpc) is 2.20. The molecule has 0 spiro atoms. The number of primary amides is 1. The first-order chi connectivity index (χ1) is 7.15. The van der Waals surface area contributed by atoms with Gasteiger partial charge in [-0.15, -0.1) is 0 Å². The Kier molecular flexibility index (Phi) is 3.97. The Morgan fingerprint density at radius 1 is 1.47 bits per heavy atom. The van der Waals surface area contributed by atoms with Gasteiger partial charge in [-0.2, -0.15) is 0 Å². The lowest BCUT2D eigenvalue weighted by molar-refractivity contribution is 0.1000. The second kappa shape index (κ2) is 5.24. The van der Waals surface area contributed by atoms with Crippen LogP contribution in [0.2, 0.25) is 0 Å². The Hall–Kier alpha value is -1.71. The quantitative estimate of drug-likeness (QED) is 0.569. The van der Waals surface area contributed by atoms with E-state index in [1.165, 1.54) is 0 Å². The van der Waals surface area contributed by atoms with Crippen molar-refractivity contribution in [2.45, 2.75) is 19.8 Å². The minimum atomic E-state index is -0.477. The number of ether oxygens (including phenoxy) is 1. The highest BCUT2D eigenvalue weighted by Gasteiger charge is 2.05. The molecule has 0 atom stereocenters. The molecule has 4 heteroatoms. The van der Waals surface area contributed by atoms with Gasteiger partial charge in [-0.05, 0) is 24.6 Å². The van der Waals surface area contributed by atoms with E-state index < -0.39 is 5.91 Å². The number of anilines is 1. The van der Waals surface area contributed by atoms with Crippen LogP contribution in [-0.2, 0) is 0 Å². The van der Waals surface area contributed by atoms with E-state index in [4.69, 9.17) is 16.2 Å². The number of rotatable bonds is 5. The van der Waals surface area contributed by atoms with E-state index in [1.54, 1.807) is 18.2 Å². The number of nitrogens with two attached hydrogens (primary N) is 2. The van der Waals surface area contributed by atoms with Gasteiger partial charge < -0.3 is 16.2 Å². The third kappa shape index (κ3) is 3.16. The van der Waals surface area contributed by atoms with E-state index in [9.17, 15) is 4.79 Å². The van der Waals surface area contributed by atoms with Gasteiger partial charge in [0.2, 0.25) is 5.91 Å². The number of amides is 1. The van der Waals surface area contributed by atoms with E-state index in [-0.39, 0.29) is 0 Å². The fraction of sp³-hybridized carbons (Fsp3) is 0.364. The number of carbonyl (C=O) groups excluding carboxylic acids is 1. The molecule has 1 aromatic rings. The van der Waals surface area contributed by atoms with E-state index >= 15 is 0 Å². The molecule has 4 nitrogen and oxygen atoms in total. The predicted octanol–water partition coefficient (Wildman–Crippen LogP) is 1.55. The average molecular weight is 208 g/mol. The zero-order valence-corrected chi connectivity index (χ0v) is 8.82. The summed E-state index contributed by atoms with van der Waals surface area (Å²) in [6.07, 6.45) is 2.01. The SMILES string of the molecule is CCCCOc1cc(C(N)=O)ccc1N. The van der Waals surface area contributed by atoms with Gasteiger partial charge in [0.15, 0.2) is 0 Å². The lowest BCUT2D eigenvalue weighted by Crippen LogP contribution is -2.11. The summed E-state index contributed by atoms with van der Waals surface area (Å²) in [4.78, 5) is 10.9. The van der Waals surface area contributed by atoms with Gasteiger partial charge in [-0.25, -0.2) is 0 Å². The molecule has 0 aromatic heterocycles. The molecule has 0 unspecified atom stereocenters. The number of benzene rings is 1. The van der Waals surface area contributed by atoms with Crippen molar-refractivity contribution in [1.29, 1.82) is 0 Å². The zero-order chi connectivity index (χ0) is 11.3. The summed E-state index contributed by atoms with van der Waals surface area (Å²) in [5.74, 6) is 0.0510. The maximum absolute atomic E-state index is 10.9. The van der Waals surface area contributed by atoms with E-state index in [2.05, 4.69) is 6.92 Å². The summed E-state index contributed by atoms with van der Waals surface area (Å²) < 4.78 is 5.44. The van der Waals surface area contributed by atoms with E-state index in [0.29, 0.717) is 23.6 Å². The molecule has 1 amide bonds. The first-order valence-corrected chi connectivity index (χ1v) is 4.97. The third-order valence-corrected chi connectivity index (χ3v) is 2.05. The van der Waals surface area contributed by atoms with Gasteiger partial charge in [0.05, 0.1) is 12.3 Å². The van der Waals surface area contributed by atoms with Gasteiger partial charge in [-0.3, -0.25) is 4.79 Å². The van der Waals surface area contributed by atoms with Crippen molar-refractivity contribution in [2.24, 2.45) is 5.73 Å². The predicted molar refractivity (Wildman–Crippen MR) is 59.8 cm³/mol. The van der Waals surface area contributed by atoms with Crippen LogP contribution in [0.3, 0.4) is 0 Å². The molecule has 0 saturated carbocycles. The van der Waals surface area contributed by atoms with Gasteiger partial charge in [-0.1, -0.05) is 13.3 Å². The number of hydrogen-bond donors (Lipinski definition) is 2. The molecule has 82 valence electrons. The Morgan fingerprint density at radius 2 is 2.20 bits per heavy atom. The molecule has 4 N–H and O–H groups in total. The third-order valence-electron chi connectivity index (χ3n) is 2.05. The molecule has 1 rings (SSSR count). The van der Waals surface area contributed by atoms with Gasteiger partial charge in [0.1, 0.15) is 5.75 Å². The summed E-state index contributed by atoms with van der Waals surface area (Å²) in [6, 6.07) is 4.79. The minimum Gasteiger partial charge on any atom is -0.491 e. The van der Waals surface area contributed by atoms with Crippen molar-refractivity contribution >= 4 is 11.6 Å². The van der Waals surface area contributed by atoms with Crippen LogP contribution in [0.4, 0.5) is 5.69 Å². The van der Waals surface area contributed by atoms with E-state index in [1.807, 2.05) is 0 Å². The molecule has 0 radical (unpaired) electrons. The molecule has 0 fully saturated rings. The molecule has 0 aliphatic carbocycles. The summed E-state index contributed by atoms with van der Waals surface area (Å²) in [5, 5.41) is 0. The molecule has 0 heterocycles. The molecule has 0 aliphatic rings. The van der Waals surface area contributed by atoms with Crippen LogP contribution in [0.5, 0.6) is 5.75 Å². The van der Waals surface area contributed by atoms with Crippen LogP contribution in [0.1, 0.15) is 30.1 Å². The van der Waals surface area contributed by atoms with Crippen molar-refractivity contribution in [1.82, 2.24) is 0 Å². The van der Waals surface area contributed by atoms with Crippen molar-refractivity contribution in [3.63, 3.8) is 0 Å². The van der Waals surface area contributed by atoms with Crippen molar-refractivity contribution in [2.75, 3.05) is 12.3 Å². The van der Waals surface area contributed by atoms with Gasteiger partial charge in [0, 0.05) is 5.56 Å². The van der Waals surface area contributed by atoms with Crippen molar-refractivity contribution < 1.29 is 9.53 Å². The van der Waals surface area contributed by atoms with Crippen LogP contribution in [0, 0.1) is 0 Å². The summed E-state index contributed by atoms with van der Waals surface area (Å²) in [5.41, 5.74) is 11.8. The van der Waals surface area contributed by atoms with Crippen LogP contribution in [-0.4, -0.2) is 12.5 Å². The van der Waals surface area contributed by atoms with Crippen molar-refractivity contribution in [3.05, 3.63) is 23.8 Å². The second-order valence-electron chi connectivity index (χ2n) is 3.32. The maximum Gasteiger partial charge on any atom is 0.248 e. The number of hydrogen-bond acceptors (Lipinski definition) is 3. The summed E-state index contributed by atoms with van der Waals surface area (Å²) in [7, 11) is 0. The summed E-state index contributed by atoms with van der Waals surface area (Å²) in [6.45, 7) is 2.68. The number of unbranched alkanes of at least 4 members (excludes halogenated alkanes) is 1. The van der Waals surface area contributed by atoms with Gasteiger partial charge in [0.25, 0.3) is 0 Å². The Labute approximate surface area is 89.2 Å². The van der Waals surface area contributed by atoms with Crippen LogP contribution < -0.4 is 16.2 Å². The first kappa shape index (κ1) is 11.4. The maximum atomic E-state index is 10.9. The molecule has 0 aliphatic heterocycles. The van der Waals surface area contributed by atoms with Gasteiger partial charge >= 0.3 is 0 Å². The van der Waals surface area contributed by atoms with E-state index in [0.717, 1.165) is 12.8 Å². The largest absolute Gasteiger partial charge is 0.491 e. The smallest absolute Gasteiger partial charge is 0.248 e. The monoisotopic (exact) mass is 208 g/mol. The highest BCUT2D eigenvalue weighted by Crippen LogP contribution is 2.22. The molecule has 0 bridgehead atoms. The van der Waals surface area contributed by atoms with Crippen molar-refractivity contribution in [3.8, 4) is 5.75 Å². The summed E-state index contributed by atoms with van der Waals surface area (Å²) >= 11 is 0. The zero-order valence-electron chi connectivity index (χ0n) is 8.82. The number of carbonyl (C=O) groups is 1. The topological polar surface area (TPSA) is 78.3 Å². The molecule has 1 aromatic carbocycles. The van der Waals surface area contributed by atoms with Crippen LogP contribution in [0.25, 0.3) is 0 Å². The van der Waals surface area contributed by atoms with Crippen LogP contribution in [0.15, 0.2) is 18.2 Å². The minimum absolute atomic E-state index is 0.413. The molecular weight excluding hydrogens is 192 g/mol. The lowest BCUT2D eigenvalue weighted by Gasteiger charge is -2.09. The fourth-order valence-corrected chi connectivity index (χ4v) is 1.14. The second-order valence-corrected chi connectivity index (χ2v) is 3.32. The standard InChI is InChI=1S/C11H16N2O2/c1-2-3-6-15-10-7-8(11(13)14)4-5-9(10)12/h4-5,7H,2-3,6,12H2,1H3,(H2,13,14). The Bertz CT molecular complexity index is 350. The fourth-order valence-electron chi connectivity index (χ4n) is 1.14. The normalized spacial score (nSPS) is 9.93. The first-order valence-electron chi connectivity index (χ1n) is 4.97.